The zero-order valence-electron chi connectivity index (χ0n) is 9.47. The van der Waals surface area contributed by atoms with Gasteiger partial charge in [0.1, 0.15) is 0 Å². The molecule has 86 valence electrons. The molecule has 0 saturated carbocycles. The fraction of sp³-hybridized carbons (Fsp3) is 0.333. The van der Waals surface area contributed by atoms with Crippen LogP contribution in [0.3, 0.4) is 0 Å². The number of thioether (sulfide) groups is 1. The second-order valence-corrected chi connectivity index (χ2v) is 4.65. The number of amides is 1. The monoisotopic (exact) mass is 237 g/mol. The van der Waals surface area contributed by atoms with E-state index in [9.17, 15) is 9.59 Å². The molecular formula is C12H15NO2S. The lowest BCUT2D eigenvalue weighted by molar-refractivity contribution is -0.117. The van der Waals surface area contributed by atoms with Crippen LogP contribution in [0, 0.1) is 0 Å². The molecule has 4 heteroatoms. The lowest BCUT2D eigenvalue weighted by Crippen LogP contribution is -2.26. The van der Waals surface area contributed by atoms with Crippen molar-refractivity contribution in [3.05, 3.63) is 30.3 Å². The van der Waals surface area contributed by atoms with E-state index in [1.54, 1.807) is 11.9 Å². The molecule has 0 aliphatic rings. The first kappa shape index (κ1) is 12.8. The van der Waals surface area contributed by atoms with Crippen LogP contribution in [0.15, 0.2) is 30.3 Å². The molecule has 0 heterocycles. The number of carbonyl (C=O) groups is 2. The highest BCUT2D eigenvalue weighted by Gasteiger charge is 2.10. The summed E-state index contributed by atoms with van der Waals surface area (Å²) >= 11 is 1.19. The van der Waals surface area contributed by atoms with Crippen molar-refractivity contribution in [2.24, 2.45) is 0 Å². The summed E-state index contributed by atoms with van der Waals surface area (Å²) in [7, 11) is 1.75. The number of carbonyl (C=O) groups excluding carboxylic acids is 2. The Balaban J connectivity index is 2.45. The van der Waals surface area contributed by atoms with Gasteiger partial charge in [-0.3, -0.25) is 9.59 Å². The Morgan fingerprint density at radius 1 is 1.25 bits per heavy atom. The van der Waals surface area contributed by atoms with Gasteiger partial charge >= 0.3 is 0 Å². The van der Waals surface area contributed by atoms with Gasteiger partial charge in [0, 0.05) is 31.8 Å². The Morgan fingerprint density at radius 2 is 1.88 bits per heavy atom. The molecule has 1 amide bonds. The van der Waals surface area contributed by atoms with Gasteiger partial charge < -0.3 is 4.90 Å². The number of rotatable bonds is 4. The molecule has 1 aromatic rings. The summed E-state index contributed by atoms with van der Waals surface area (Å²) in [6.45, 7) is 1.51. The first-order valence-corrected chi connectivity index (χ1v) is 6.05. The summed E-state index contributed by atoms with van der Waals surface area (Å²) in [4.78, 5) is 24.0. The minimum Gasteiger partial charge on any atom is -0.315 e. The summed E-state index contributed by atoms with van der Waals surface area (Å²) in [6, 6.07) is 9.46. The smallest absolute Gasteiger partial charge is 0.227 e. The SMILES string of the molecule is CC(=O)SCCC(=O)N(C)c1ccccc1. The number of benzene rings is 1. The summed E-state index contributed by atoms with van der Waals surface area (Å²) < 4.78 is 0. The first-order chi connectivity index (χ1) is 7.61. The van der Waals surface area contributed by atoms with E-state index in [4.69, 9.17) is 0 Å². The quantitative estimate of drug-likeness (QED) is 0.806. The third kappa shape index (κ3) is 4.06. The van der Waals surface area contributed by atoms with Crippen LogP contribution < -0.4 is 4.90 Å². The van der Waals surface area contributed by atoms with Crippen LogP contribution in [0.25, 0.3) is 0 Å². The highest BCUT2D eigenvalue weighted by molar-refractivity contribution is 8.13. The average Bonchev–Trinajstić information content (AvgIpc) is 2.28. The third-order valence-corrected chi connectivity index (χ3v) is 2.95. The molecule has 1 rings (SSSR count). The van der Waals surface area contributed by atoms with Gasteiger partial charge in [0.25, 0.3) is 0 Å². The molecule has 1 aromatic carbocycles. The molecule has 3 nitrogen and oxygen atoms in total. The van der Waals surface area contributed by atoms with Crippen molar-refractivity contribution in [3.8, 4) is 0 Å². The lowest BCUT2D eigenvalue weighted by atomic mass is 10.3. The molecular weight excluding hydrogens is 222 g/mol. The second-order valence-electron chi connectivity index (χ2n) is 3.38. The first-order valence-electron chi connectivity index (χ1n) is 5.06. The van der Waals surface area contributed by atoms with Gasteiger partial charge in [0.15, 0.2) is 5.12 Å². The molecule has 0 aromatic heterocycles. The molecule has 0 radical (unpaired) electrons. The fourth-order valence-electron chi connectivity index (χ4n) is 1.25. The van der Waals surface area contributed by atoms with Gasteiger partial charge in [-0.2, -0.15) is 0 Å². The van der Waals surface area contributed by atoms with Gasteiger partial charge in [-0.1, -0.05) is 30.0 Å². The van der Waals surface area contributed by atoms with Crippen LogP contribution >= 0.6 is 11.8 Å². The van der Waals surface area contributed by atoms with Gasteiger partial charge in [-0.05, 0) is 12.1 Å². The maximum Gasteiger partial charge on any atom is 0.227 e. The zero-order chi connectivity index (χ0) is 12.0. The van der Waals surface area contributed by atoms with E-state index in [2.05, 4.69) is 0 Å². The van der Waals surface area contributed by atoms with Crippen molar-refractivity contribution in [2.75, 3.05) is 17.7 Å². The zero-order valence-corrected chi connectivity index (χ0v) is 10.3. The van der Waals surface area contributed by atoms with Crippen molar-refractivity contribution in [1.82, 2.24) is 0 Å². The minimum atomic E-state index is 0.0277. The number of nitrogens with zero attached hydrogens (tertiary/aromatic N) is 1. The Labute approximate surface area is 99.8 Å². The topological polar surface area (TPSA) is 37.4 Å². The van der Waals surface area contributed by atoms with E-state index >= 15 is 0 Å². The van der Waals surface area contributed by atoms with Crippen molar-refractivity contribution >= 4 is 28.5 Å². The molecule has 0 unspecified atom stereocenters. The highest BCUT2D eigenvalue weighted by Crippen LogP contribution is 2.13. The predicted molar refractivity (Wildman–Crippen MR) is 67.6 cm³/mol. The maximum atomic E-state index is 11.7. The van der Waals surface area contributed by atoms with Gasteiger partial charge in [-0.15, -0.1) is 0 Å². The largest absolute Gasteiger partial charge is 0.315 e. The molecule has 0 atom stereocenters. The van der Waals surface area contributed by atoms with Gasteiger partial charge in [0.2, 0.25) is 5.91 Å². The van der Waals surface area contributed by atoms with Crippen LogP contribution in [0.2, 0.25) is 0 Å². The van der Waals surface area contributed by atoms with E-state index in [1.807, 2.05) is 30.3 Å². The fourth-order valence-corrected chi connectivity index (χ4v) is 1.81. The molecule has 0 bridgehead atoms. The van der Waals surface area contributed by atoms with Crippen LogP contribution in [-0.4, -0.2) is 23.8 Å². The lowest BCUT2D eigenvalue weighted by Gasteiger charge is -2.16. The standard InChI is InChI=1S/C12H15NO2S/c1-10(14)16-9-8-12(15)13(2)11-6-4-3-5-7-11/h3-7H,8-9H2,1-2H3. The maximum absolute atomic E-state index is 11.7. The molecule has 0 saturated heterocycles. The average molecular weight is 237 g/mol. The van der Waals surface area contributed by atoms with Crippen LogP contribution in [-0.2, 0) is 9.59 Å². The summed E-state index contributed by atoms with van der Waals surface area (Å²) in [5, 5.41) is 0.0511. The molecule has 0 fully saturated rings. The third-order valence-electron chi connectivity index (χ3n) is 2.14. The van der Waals surface area contributed by atoms with E-state index in [-0.39, 0.29) is 11.0 Å². The molecule has 16 heavy (non-hydrogen) atoms. The van der Waals surface area contributed by atoms with Gasteiger partial charge in [0.05, 0.1) is 0 Å². The van der Waals surface area contributed by atoms with Crippen molar-refractivity contribution < 1.29 is 9.59 Å². The summed E-state index contributed by atoms with van der Waals surface area (Å²) in [5.74, 6) is 0.575. The predicted octanol–water partition coefficient (Wildman–Crippen LogP) is 2.32. The van der Waals surface area contributed by atoms with E-state index < -0.39 is 0 Å². The Kier molecular flexibility index (Phi) is 5.05. The van der Waals surface area contributed by atoms with Crippen molar-refractivity contribution in [3.63, 3.8) is 0 Å². The van der Waals surface area contributed by atoms with E-state index in [0.717, 1.165) is 5.69 Å². The number of hydrogen-bond donors (Lipinski definition) is 0. The van der Waals surface area contributed by atoms with Crippen molar-refractivity contribution in [1.29, 1.82) is 0 Å². The van der Waals surface area contributed by atoms with Crippen LogP contribution in [0.5, 0.6) is 0 Å². The minimum absolute atomic E-state index is 0.0277. The van der Waals surface area contributed by atoms with Crippen LogP contribution in [0.4, 0.5) is 5.69 Å². The molecule has 0 N–H and O–H groups in total. The van der Waals surface area contributed by atoms with Gasteiger partial charge in [-0.25, -0.2) is 0 Å². The van der Waals surface area contributed by atoms with E-state index in [0.29, 0.717) is 12.2 Å². The Morgan fingerprint density at radius 3 is 2.44 bits per heavy atom. The number of anilines is 1. The van der Waals surface area contributed by atoms with E-state index in [1.165, 1.54) is 18.7 Å². The summed E-state index contributed by atoms with van der Waals surface area (Å²) in [5.41, 5.74) is 0.875. The highest BCUT2D eigenvalue weighted by atomic mass is 32.2. The van der Waals surface area contributed by atoms with Crippen LogP contribution in [0.1, 0.15) is 13.3 Å². The number of para-hydroxylation sites is 1. The number of hydrogen-bond acceptors (Lipinski definition) is 3. The normalized spacial score (nSPS) is 9.88. The molecule has 0 aliphatic heterocycles. The molecule has 0 spiro atoms. The van der Waals surface area contributed by atoms with Crippen molar-refractivity contribution in [2.45, 2.75) is 13.3 Å². The Hall–Kier alpha value is -1.29. The Bertz CT molecular complexity index is 365. The second kappa shape index (κ2) is 6.33. The molecule has 0 aliphatic carbocycles. The summed E-state index contributed by atoms with van der Waals surface area (Å²) in [6.07, 6.45) is 0.385.